The SMILES string of the molecule is CC(=O)OC(F)(F)c1ccc(C)cc1. The Bertz CT molecular complexity index is 330. The number of hydrogen-bond acceptors (Lipinski definition) is 2. The minimum atomic E-state index is -3.54. The van der Waals surface area contributed by atoms with Gasteiger partial charge in [-0.05, 0) is 19.1 Å². The number of aryl methyl sites for hydroxylation is 1. The molecule has 0 aliphatic rings. The van der Waals surface area contributed by atoms with Gasteiger partial charge in [0.2, 0.25) is 0 Å². The summed E-state index contributed by atoms with van der Waals surface area (Å²) in [6, 6.07) is 5.54. The van der Waals surface area contributed by atoms with Crippen LogP contribution in [-0.2, 0) is 15.6 Å². The van der Waals surface area contributed by atoms with Gasteiger partial charge in [-0.2, -0.15) is 8.78 Å². The Morgan fingerprint density at radius 2 is 1.79 bits per heavy atom. The highest BCUT2D eigenvalue weighted by Crippen LogP contribution is 2.29. The number of rotatable bonds is 2. The normalized spacial score (nSPS) is 11.1. The van der Waals surface area contributed by atoms with E-state index in [1.807, 2.05) is 0 Å². The fourth-order valence-electron chi connectivity index (χ4n) is 0.987. The molecule has 0 bridgehead atoms. The lowest BCUT2D eigenvalue weighted by atomic mass is 10.1. The van der Waals surface area contributed by atoms with Crippen LogP contribution in [0.1, 0.15) is 18.1 Å². The van der Waals surface area contributed by atoms with Crippen LogP contribution in [0.4, 0.5) is 8.78 Å². The van der Waals surface area contributed by atoms with Crippen LogP contribution in [-0.4, -0.2) is 5.97 Å². The van der Waals surface area contributed by atoms with Gasteiger partial charge in [0.25, 0.3) is 0 Å². The second kappa shape index (κ2) is 3.74. The third-order valence-corrected chi connectivity index (χ3v) is 1.66. The first-order valence-electron chi connectivity index (χ1n) is 4.06. The maximum absolute atomic E-state index is 13.1. The summed E-state index contributed by atoms with van der Waals surface area (Å²) in [5.41, 5.74) is 0.547. The van der Waals surface area contributed by atoms with Crippen LogP contribution in [0.3, 0.4) is 0 Å². The van der Waals surface area contributed by atoms with Crippen molar-refractivity contribution in [2.75, 3.05) is 0 Å². The van der Waals surface area contributed by atoms with E-state index in [1.54, 1.807) is 6.92 Å². The molecule has 0 amide bonds. The van der Waals surface area contributed by atoms with Gasteiger partial charge < -0.3 is 4.74 Å². The molecule has 14 heavy (non-hydrogen) atoms. The molecule has 0 aromatic heterocycles. The van der Waals surface area contributed by atoms with Crippen LogP contribution < -0.4 is 0 Å². The fraction of sp³-hybridized carbons (Fsp3) is 0.300. The molecule has 1 aromatic rings. The molecule has 0 radical (unpaired) electrons. The number of halogens is 2. The van der Waals surface area contributed by atoms with Crippen LogP contribution in [0, 0.1) is 6.92 Å². The van der Waals surface area contributed by atoms with Crippen molar-refractivity contribution in [3.63, 3.8) is 0 Å². The van der Waals surface area contributed by atoms with Gasteiger partial charge in [0.15, 0.2) is 0 Å². The number of benzene rings is 1. The zero-order valence-electron chi connectivity index (χ0n) is 7.88. The van der Waals surface area contributed by atoms with Crippen molar-refractivity contribution >= 4 is 5.97 Å². The van der Waals surface area contributed by atoms with Crippen molar-refractivity contribution in [1.29, 1.82) is 0 Å². The Kier molecular flexibility index (Phi) is 2.84. The number of carbonyl (C=O) groups is 1. The van der Waals surface area contributed by atoms with Crippen LogP contribution in [0.2, 0.25) is 0 Å². The van der Waals surface area contributed by atoms with Crippen molar-refractivity contribution in [1.82, 2.24) is 0 Å². The Morgan fingerprint density at radius 1 is 1.29 bits per heavy atom. The monoisotopic (exact) mass is 200 g/mol. The van der Waals surface area contributed by atoms with E-state index in [9.17, 15) is 13.6 Å². The lowest BCUT2D eigenvalue weighted by Crippen LogP contribution is -2.20. The smallest absolute Gasteiger partial charge is 0.397 e. The molecule has 4 heteroatoms. The molecule has 0 saturated carbocycles. The average molecular weight is 200 g/mol. The standard InChI is InChI=1S/C10H10F2O2/c1-7-3-5-9(6-4-7)10(11,12)14-8(2)13/h3-6H,1-2H3. The molecule has 0 N–H and O–H groups in total. The summed E-state index contributed by atoms with van der Waals surface area (Å²) in [4.78, 5) is 10.4. The molecule has 0 unspecified atom stereocenters. The highest BCUT2D eigenvalue weighted by molar-refractivity contribution is 5.66. The van der Waals surface area contributed by atoms with Gasteiger partial charge in [0.05, 0.1) is 5.56 Å². The molecule has 1 aromatic carbocycles. The van der Waals surface area contributed by atoms with Crippen LogP contribution in [0.15, 0.2) is 24.3 Å². The van der Waals surface area contributed by atoms with Gasteiger partial charge in [-0.1, -0.05) is 17.7 Å². The quantitative estimate of drug-likeness (QED) is 0.686. The maximum atomic E-state index is 13.1. The van der Waals surface area contributed by atoms with Gasteiger partial charge in [0.1, 0.15) is 0 Å². The molecule has 76 valence electrons. The topological polar surface area (TPSA) is 26.3 Å². The highest BCUT2D eigenvalue weighted by atomic mass is 19.3. The summed E-state index contributed by atoms with van der Waals surface area (Å²) in [5, 5.41) is 0. The summed E-state index contributed by atoms with van der Waals surface area (Å²) >= 11 is 0. The molecule has 0 fully saturated rings. The van der Waals surface area contributed by atoms with E-state index in [2.05, 4.69) is 4.74 Å². The summed E-state index contributed by atoms with van der Waals surface area (Å²) in [6.07, 6.45) is -3.54. The predicted molar refractivity (Wildman–Crippen MR) is 46.8 cm³/mol. The average Bonchev–Trinajstić information content (AvgIpc) is 2.02. The van der Waals surface area contributed by atoms with Crippen LogP contribution in [0.5, 0.6) is 0 Å². The molecule has 2 nitrogen and oxygen atoms in total. The van der Waals surface area contributed by atoms with Gasteiger partial charge in [-0.25, -0.2) is 0 Å². The van der Waals surface area contributed by atoms with Gasteiger partial charge in [-0.3, -0.25) is 4.79 Å². The van der Waals surface area contributed by atoms with E-state index in [0.717, 1.165) is 12.5 Å². The second-order valence-corrected chi connectivity index (χ2v) is 2.98. The zero-order valence-corrected chi connectivity index (χ0v) is 7.88. The van der Waals surface area contributed by atoms with Crippen molar-refractivity contribution in [3.8, 4) is 0 Å². The zero-order chi connectivity index (χ0) is 10.8. The van der Waals surface area contributed by atoms with E-state index >= 15 is 0 Å². The van der Waals surface area contributed by atoms with Crippen LogP contribution >= 0.6 is 0 Å². The minimum Gasteiger partial charge on any atom is -0.397 e. The molecule has 0 aliphatic carbocycles. The summed E-state index contributed by atoms with van der Waals surface area (Å²) in [7, 11) is 0. The Morgan fingerprint density at radius 3 is 2.21 bits per heavy atom. The Hall–Kier alpha value is -1.45. The van der Waals surface area contributed by atoms with Crippen LogP contribution in [0.25, 0.3) is 0 Å². The number of esters is 1. The first kappa shape index (κ1) is 10.6. The van der Waals surface area contributed by atoms with E-state index in [-0.39, 0.29) is 5.56 Å². The van der Waals surface area contributed by atoms with E-state index in [0.29, 0.717) is 0 Å². The molecular weight excluding hydrogens is 190 g/mol. The number of carbonyl (C=O) groups excluding carboxylic acids is 1. The van der Waals surface area contributed by atoms with Crippen molar-refractivity contribution in [2.45, 2.75) is 20.0 Å². The highest BCUT2D eigenvalue weighted by Gasteiger charge is 2.35. The molecule has 0 heterocycles. The molecule has 1 rings (SSSR count). The van der Waals surface area contributed by atoms with Gasteiger partial charge in [0, 0.05) is 6.92 Å². The second-order valence-electron chi connectivity index (χ2n) is 2.98. The largest absolute Gasteiger partial charge is 0.428 e. The molecule has 0 spiro atoms. The predicted octanol–water partition coefficient (Wildman–Crippen LogP) is 2.61. The summed E-state index contributed by atoms with van der Waals surface area (Å²) in [6.45, 7) is 2.73. The number of alkyl halides is 2. The first-order valence-corrected chi connectivity index (χ1v) is 4.06. The lowest BCUT2D eigenvalue weighted by Gasteiger charge is -2.15. The van der Waals surface area contributed by atoms with Crippen molar-refractivity contribution < 1.29 is 18.3 Å². The van der Waals surface area contributed by atoms with Gasteiger partial charge in [-0.15, -0.1) is 0 Å². The molecular formula is C10H10F2O2. The van der Waals surface area contributed by atoms with Crippen molar-refractivity contribution in [2.24, 2.45) is 0 Å². The molecule has 0 atom stereocenters. The van der Waals surface area contributed by atoms with E-state index < -0.39 is 12.1 Å². The molecule has 0 aliphatic heterocycles. The minimum absolute atomic E-state index is 0.321. The van der Waals surface area contributed by atoms with Gasteiger partial charge >= 0.3 is 12.1 Å². The number of ether oxygens (including phenoxy) is 1. The third-order valence-electron chi connectivity index (χ3n) is 1.66. The molecule has 0 saturated heterocycles. The lowest BCUT2D eigenvalue weighted by molar-refractivity contribution is -0.238. The maximum Gasteiger partial charge on any atom is 0.428 e. The van der Waals surface area contributed by atoms with E-state index in [1.165, 1.54) is 24.3 Å². The Labute approximate surface area is 80.5 Å². The van der Waals surface area contributed by atoms with Crippen molar-refractivity contribution in [3.05, 3.63) is 35.4 Å². The summed E-state index contributed by atoms with van der Waals surface area (Å²) < 4.78 is 30.1. The van der Waals surface area contributed by atoms with E-state index in [4.69, 9.17) is 0 Å². The Balaban J connectivity index is 2.91. The fourth-order valence-corrected chi connectivity index (χ4v) is 0.987. The number of hydrogen-bond donors (Lipinski definition) is 0. The third kappa shape index (κ3) is 2.52. The summed E-state index contributed by atoms with van der Waals surface area (Å²) in [5.74, 6) is -1.00. The first-order chi connectivity index (χ1) is 6.42.